The van der Waals surface area contributed by atoms with E-state index in [4.69, 9.17) is 10.00 Å². The van der Waals surface area contributed by atoms with Crippen molar-refractivity contribution in [2.24, 2.45) is 0 Å². The van der Waals surface area contributed by atoms with Gasteiger partial charge in [0.05, 0.1) is 24.2 Å². The van der Waals surface area contributed by atoms with E-state index in [1.54, 1.807) is 12.4 Å². The van der Waals surface area contributed by atoms with Crippen LogP contribution < -0.4 is 9.64 Å². The molecule has 1 aromatic heterocycles. The molecule has 0 atom stereocenters. The summed E-state index contributed by atoms with van der Waals surface area (Å²) in [5.74, 6) is 0.603. The van der Waals surface area contributed by atoms with E-state index in [0.717, 1.165) is 18.5 Å². The molecule has 15 heavy (non-hydrogen) atoms. The Morgan fingerprint density at radius 1 is 1.47 bits per heavy atom. The molecular formula is C11H13N3O. The maximum absolute atomic E-state index is 9.10. The number of hydrogen-bond donors (Lipinski definition) is 0. The Morgan fingerprint density at radius 2 is 2.20 bits per heavy atom. The number of aromatic nitrogens is 1. The van der Waals surface area contributed by atoms with Gasteiger partial charge in [-0.15, -0.1) is 0 Å². The van der Waals surface area contributed by atoms with Crippen molar-refractivity contribution < 1.29 is 4.74 Å². The van der Waals surface area contributed by atoms with E-state index in [1.165, 1.54) is 0 Å². The van der Waals surface area contributed by atoms with Crippen molar-refractivity contribution in [3.8, 4) is 11.8 Å². The molecule has 0 N–H and O–H groups in total. The van der Waals surface area contributed by atoms with Crippen molar-refractivity contribution in [1.82, 2.24) is 4.98 Å². The number of ether oxygens (including phenoxy) is 1. The lowest BCUT2D eigenvalue weighted by Gasteiger charge is -2.15. The van der Waals surface area contributed by atoms with Crippen molar-refractivity contribution in [3.05, 3.63) is 18.0 Å². The Balaban J connectivity index is 2.36. The molecule has 1 aliphatic rings. The van der Waals surface area contributed by atoms with Crippen molar-refractivity contribution >= 4 is 5.69 Å². The van der Waals surface area contributed by atoms with Crippen molar-refractivity contribution in [2.75, 3.05) is 19.0 Å². The maximum Gasteiger partial charge on any atom is 0.157 e. The van der Waals surface area contributed by atoms with Crippen LogP contribution in [0.5, 0.6) is 5.75 Å². The Labute approximate surface area is 89.1 Å². The minimum absolute atomic E-state index is 0.288. The lowest BCUT2D eigenvalue weighted by atomic mass is 10.2. The molecule has 1 heterocycles. The summed E-state index contributed by atoms with van der Waals surface area (Å²) < 4.78 is 5.63. The van der Waals surface area contributed by atoms with Crippen LogP contribution in [0.4, 0.5) is 5.69 Å². The van der Waals surface area contributed by atoms with E-state index in [-0.39, 0.29) is 6.10 Å². The predicted octanol–water partition coefficient (Wildman–Crippen LogP) is 1.56. The Bertz CT molecular complexity index is 405. The molecule has 1 saturated carbocycles. The van der Waals surface area contributed by atoms with E-state index < -0.39 is 0 Å². The smallest absolute Gasteiger partial charge is 0.157 e. The number of rotatable bonds is 3. The van der Waals surface area contributed by atoms with E-state index in [9.17, 15) is 0 Å². The van der Waals surface area contributed by atoms with E-state index in [0.29, 0.717) is 11.3 Å². The molecule has 0 amide bonds. The first-order valence-electron chi connectivity index (χ1n) is 4.94. The first-order chi connectivity index (χ1) is 7.22. The highest BCUT2D eigenvalue weighted by Crippen LogP contribution is 2.31. The maximum atomic E-state index is 9.10. The van der Waals surface area contributed by atoms with Crippen LogP contribution in [0.2, 0.25) is 0 Å². The molecular weight excluding hydrogens is 190 g/mol. The van der Waals surface area contributed by atoms with Crippen LogP contribution in [-0.2, 0) is 0 Å². The predicted molar refractivity (Wildman–Crippen MR) is 56.9 cm³/mol. The third kappa shape index (κ3) is 2.01. The van der Waals surface area contributed by atoms with Crippen LogP contribution in [0, 0.1) is 11.3 Å². The van der Waals surface area contributed by atoms with E-state index >= 15 is 0 Å². The minimum Gasteiger partial charge on any atom is -0.487 e. The number of nitriles is 1. The number of pyridine rings is 1. The molecule has 1 fully saturated rings. The van der Waals surface area contributed by atoms with Gasteiger partial charge in [-0.05, 0) is 12.8 Å². The van der Waals surface area contributed by atoms with Gasteiger partial charge in [-0.3, -0.25) is 4.98 Å². The zero-order valence-electron chi connectivity index (χ0n) is 8.90. The van der Waals surface area contributed by atoms with Gasteiger partial charge in [0, 0.05) is 14.1 Å². The number of anilines is 1. The molecule has 1 aliphatic carbocycles. The molecule has 0 radical (unpaired) electrons. The summed E-state index contributed by atoms with van der Waals surface area (Å²) in [6.07, 6.45) is 5.74. The van der Waals surface area contributed by atoms with Crippen molar-refractivity contribution in [1.29, 1.82) is 5.26 Å². The largest absolute Gasteiger partial charge is 0.487 e. The standard InChI is InChI=1S/C11H13N3O/c1-14(2)10-6-13-7-11(9(10)5-12)15-8-3-4-8/h6-8H,3-4H2,1-2H3. The summed E-state index contributed by atoms with van der Waals surface area (Å²) in [5.41, 5.74) is 1.37. The van der Waals surface area contributed by atoms with E-state index in [2.05, 4.69) is 11.1 Å². The minimum atomic E-state index is 0.288. The van der Waals surface area contributed by atoms with Gasteiger partial charge < -0.3 is 9.64 Å². The average Bonchev–Trinajstić information content (AvgIpc) is 3.01. The average molecular weight is 203 g/mol. The van der Waals surface area contributed by atoms with E-state index in [1.807, 2.05) is 19.0 Å². The van der Waals surface area contributed by atoms with Crippen LogP contribution >= 0.6 is 0 Å². The second kappa shape index (κ2) is 3.77. The number of hydrogen-bond acceptors (Lipinski definition) is 4. The molecule has 0 bridgehead atoms. The molecule has 4 nitrogen and oxygen atoms in total. The molecule has 1 aromatic rings. The molecule has 4 heteroatoms. The summed E-state index contributed by atoms with van der Waals surface area (Å²) in [6, 6.07) is 2.17. The molecule has 0 saturated heterocycles. The second-order valence-corrected chi connectivity index (χ2v) is 3.86. The summed E-state index contributed by atoms with van der Waals surface area (Å²) in [7, 11) is 3.78. The molecule has 0 unspecified atom stereocenters. The van der Waals surface area contributed by atoms with Crippen LogP contribution in [-0.4, -0.2) is 25.2 Å². The summed E-state index contributed by atoms with van der Waals surface area (Å²) in [4.78, 5) is 5.94. The fraction of sp³-hybridized carbons (Fsp3) is 0.455. The van der Waals surface area contributed by atoms with Gasteiger partial charge in [-0.2, -0.15) is 5.26 Å². The fourth-order valence-electron chi connectivity index (χ4n) is 1.34. The Hall–Kier alpha value is -1.76. The summed E-state index contributed by atoms with van der Waals surface area (Å²) in [5, 5.41) is 9.10. The fourth-order valence-corrected chi connectivity index (χ4v) is 1.34. The Kier molecular flexibility index (Phi) is 2.46. The van der Waals surface area contributed by atoms with Gasteiger partial charge >= 0.3 is 0 Å². The monoisotopic (exact) mass is 203 g/mol. The Morgan fingerprint density at radius 3 is 2.73 bits per heavy atom. The zero-order chi connectivity index (χ0) is 10.8. The second-order valence-electron chi connectivity index (χ2n) is 3.86. The highest BCUT2D eigenvalue weighted by Gasteiger charge is 2.25. The lowest BCUT2D eigenvalue weighted by Crippen LogP contribution is -2.12. The highest BCUT2D eigenvalue weighted by atomic mass is 16.5. The van der Waals surface area contributed by atoms with Crippen LogP contribution in [0.25, 0.3) is 0 Å². The van der Waals surface area contributed by atoms with Crippen molar-refractivity contribution in [3.63, 3.8) is 0 Å². The summed E-state index contributed by atoms with van der Waals surface area (Å²) in [6.45, 7) is 0. The van der Waals surface area contributed by atoms with Crippen LogP contribution in [0.15, 0.2) is 12.4 Å². The van der Waals surface area contributed by atoms with Gasteiger partial charge in [0.1, 0.15) is 11.6 Å². The first kappa shape index (κ1) is 9.78. The molecule has 2 rings (SSSR count). The van der Waals surface area contributed by atoms with Gasteiger partial charge in [0.2, 0.25) is 0 Å². The quantitative estimate of drug-likeness (QED) is 0.748. The first-order valence-corrected chi connectivity index (χ1v) is 4.94. The molecule has 0 aliphatic heterocycles. The van der Waals surface area contributed by atoms with Gasteiger partial charge in [-0.25, -0.2) is 0 Å². The third-order valence-corrected chi connectivity index (χ3v) is 2.30. The topological polar surface area (TPSA) is 49.2 Å². The van der Waals surface area contributed by atoms with Gasteiger partial charge in [0.25, 0.3) is 0 Å². The number of nitrogens with zero attached hydrogens (tertiary/aromatic N) is 3. The summed E-state index contributed by atoms with van der Waals surface area (Å²) >= 11 is 0. The van der Waals surface area contributed by atoms with Crippen molar-refractivity contribution in [2.45, 2.75) is 18.9 Å². The molecule has 78 valence electrons. The lowest BCUT2D eigenvalue weighted by molar-refractivity contribution is 0.301. The molecule has 0 aromatic carbocycles. The van der Waals surface area contributed by atoms with Crippen LogP contribution in [0.1, 0.15) is 18.4 Å². The zero-order valence-corrected chi connectivity index (χ0v) is 8.90. The molecule has 0 spiro atoms. The normalized spacial score (nSPS) is 14.5. The SMILES string of the molecule is CN(C)c1cncc(OC2CC2)c1C#N. The highest BCUT2D eigenvalue weighted by molar-refractivity contribution is 5.62. The van der Waals surface area contributed by atoms with Gasteiger partial charge in [0.15, 0.2) is 5.75 Å². The van der Waals surface area contributed by atoms with Crippen LogP contribution in [0.3, 0.4) is 0 Å². The van der Waals surface area contributed by atoms with Gasteiger partial charge in [-0.1, -0.05) is 0 Å². The third-order valence-electron chi connectivity index (χ3n) is 2.30.